The second-order valence-electron chi connectivity index (χ2n) is 26.0. The molecule has 0 bridgehead atoms. The van der Waals surface area contributed by atoms with E-state index >= 15 is 14.4 Å². The number of carbonyl (C=O) groups is 14. The number of aliphatic hydroxyl groups is 4. The number of aliphatic hydroxyl groups excluding tert-OH is 4. The highest BCUT2D eigenvalue weighted by molar-refractivity contribution is 6.00. The number of aromatic hydroxyl groups is 1. The number of alkyl halides is 6. The van der Waals surface area contributed by atoms with Crippen LogP contribution >= 0.6 is 0 Å². The summed E-state index contributed by atoms with van der Waals surface area (Å²) in [4.78, 5) is 194. The number of primary amides is 1. The van der Waals surface area contributed by atoms with Crippen molar-refractivity contribution in [3.63, 3.8) is 0 Å². The van der Waals surface area contributed by atoms with E-state index in [1.165, 1.54) is 68.4 Å². The largest absolute Gasteiger partial charge is 0.508 e. The summed E-state index contributed by atoms with van der Waals surface area (Å²) in [7, 11) is 0. The van der Waals surface area contributed by atoms with E-state index in [2.05, 4.69) is 47.5 Å². The smallest absolute Gasteiger partial charge is 0.490 e. The standard InChI is InChI=1S/C64H93N15O18.2C2HF3O2/c1-8-33(6)45-59(92)77-46(34(7)81)58(91)70-29-44(83)75-48(51(85)53(66)86)61(94)74-43(30-80)63(96)97-52(37-18-13-10-14-19-37)49(79-57(90)42(28-36-21-23-38(82)24-22-36)72-54(87)39(65)27-35-16-11-9-12-17-35)62(95)78-47(50(84)32(4)5)60(93)73-41(26-31(2)3)56(89)71-40(55(88)76-45)20-15-25-69-64(67)68;2*3-2(4,5)1(6)7/h9-14,16-19,21-24,31-34,39-43,45-52,80-82,84-85H,8,15,20,25-30,65H2,1-7H3,(H2,66,86)(H,70,91)(H,71,89)(H,72,87)(H,73,93)(H,74,94)(H,75,83)(H,76,88)(H,77,92)(H,78,95)(H,79,90)(H4,67,68,69);2*(H,6,7)/t33-,34-,39+,40+,41-,42-,43-,45-,46-,47-,48-,49-,50+,51-,52+;;/m0../s1. The number of aliphatic imine (C=N–C) groups is 1. The quantitative estimate of drug-likeness (QED) is 0.0141. The van der Waals surface area contributed by atoms with Gasteiger partial charge in [0.05, 0.1) is 31.4 Å². The number of esters is 1. The van der Waals surface area contributed by atoms with Gasteiger partial charge in [0.15, 0.2) is 24.2 Å². The normalized spacial score (nSPS) is 22.0. The number of carboxylic acids is 2. The highest BCUT2D eigenvalue weighted by Crippen LogP contribution is 2.25. The Morgan fingerprint density at radius 3 is 1.59 bits per heavy atom. The number of aliphatic carboxylic acids is 2. The van der Waals surface area contributed by atoms with Crippen LogP contribution in [0.4, 0.5) is 26.3 Å². The third kappa shape index (κ3) is 33.2. The SMILES string of the molecule is CC[C@H](C)[C@@H]1NC(=O)[C@@H](CCCN=C(N)N)NC(=O)[C@H](CC(C)C)NC(=O)[C@H]([C@H](O)C(C)C)NC(=O)[C@@H](NC(=O)[C@H](Cc2ccc(O)cc2)NC(=O)[C@H](N)Cc2ccccc2)[C@@H](c2ccccc2)OC(=O)[C@H](CO)NC(=O)[C@H]([C@H](O)C(N)=O)NC(=O)CNC(=O)[C@H]([C@H](C)O)NC1=O.O=C(O)C(F)(F)F.O=C(O)C(F)(F)F. The lowest BCUT2D eigenvalue weighted by molar-refractivity contribution is -0.193. The summed E-state index contributed by atoms with van der Waals surface area (Å²) in [6, 6.07) is 2.42. The van der Waals surface area contributed by atoms with Crippen LogP contribution in [0.25, 0.3) is 0 Å². The number of hydrogen-bond donors (Lipinski definition) is 21. The minimum Gasteiger partial charge on any atom is -0.508 e. The first kappa shape index (κ1) is 95.8. The number of carboxylic acid groups (broad SMARTS) is 2. The Morgan fingerprint density at radius 1 is 0.604 bits per heavy atom. The first-order valence-electron chi connectivity index (χ1n) is 34.1. The van der Waals surface area contributed by atoms with E-state index in [1.54, 1.807) is 58.0 Å². The van der Waals surface area contributed by atoms with Crippen LogP contribution in [0.1, 0.15) is 96.9 Å². The molecule has 1 heterocycles. The fourth-order valence-corrected chi connectivity index (χ4v) is 9.97. The Labute approximate surface area is 630 Å². The summed E-state index contributed by atoms with van der Waals surface area (Å²) in [6.45, 7) is 8.10. The molecule has 0 saturated carbocycles. The van der Waals surface area contributed by atoms with Gasteiger partial charge in [-0.15, -0.1) is 0 Å². The number of halogens is 6. The van der Waals surface area contributed by atoms with Crippen molar-refractivity contribution in [1.82, 2.24) is 53.2 Å². The van der Waals surface area contributed by atoms with Crippen molar-refractivity contribution in [3.8, 4) is 5.75 Å². The van der Waals surface area contributed by atoms with E-state index in [9.17, 15) is 95.0 Å². The van der Waals surface area contributed by atoms with Crippen LogP contribution in [-0.2, 0) is 84.7 Å². The van der Waals surface area contributed by atoms with Crippen molar-refractivity contribution in [2.45, 2.75) is 184 Å². The van der Waals surface area contributed by atoms with Gasteiger partial charge in [0, 0.05) is 13.0 Å². The van der Waals surface area contributed by atoms with Crippen LogP contribution in [-0.4, -0.2) is 235 Å². The second kappa shape index (κ2) is 45.6. The summed E-state index contributed by atoms with van der Waals surface area (Å²) >= 11 is 0. The lowest BCUT2D eigenvalue weighted by Gasteiger charge is -2.33. The van der Waals surface area contributed by atoms with Crippen LogP contribution in [0.15, 0.2) is 89.9 Å². The van der Waals surface area contributed by atoms with E-state index in [0.29, 0.717) is 11.1 Å². The molecule has 0 aliphatic carbocycles. The van der Waals surface area contributed by atoms with E-state index < -0.39 is 211 Å². The number of benzene rings is 3. The molecule has 37 nitrogen and oxygen atoms in total. The van der Waals surface area contributed by atoms with Gasteiger partial charge in [-0.05, 0) is 79.2 Å². The molecule has 0 aromatic heterocycles. The topological polar surface area (TPSA) is 627 Å². The minimum absolute atomic E-state index is 0.0192. The van der Waals surface area contributed by atoms with Gasteiger partial charge in [-0.3, -0.25) is 57.7 Å². The molecule has 4 rings (SSSR count). The molecule has 25 N–H and O–H groups in total. The molecule has 0 unspecified atom stereocenters. The highest BCUT2D eigenvalue weighted by Gasteiger charge is 2.45. The average Bonchev–Trinajstić information content (AvgIpc) is 0.812. The Hall–Kier alpha value is -11.3. The number of cyclic esters (lactones) is 1. The molecule has 616 valence electrons. The summed E-state index contributed by atoms with van der Waals surface area (Å²) in [5.74, 6) is -23.1. The number of guanidine groups is 1. The van der Waals surface area contributed by atoms with Gasteiger partial charge in [0.25, 0.3) is 0 Å². The van der Waals surface area contributed by atoms with Crippen molar-refractivity contribution in [1.29, 1.82) is 0 Å². The van der Waals surface area contributed by atoms with Crippen LogP contribution in [0.3, 0.4) is 0 Å². The molecular formula is C68H95F6N15O22. The number of carbonyl (C=O) groups excluding carboxylic acids is 12. The Bertz CT molecular complexity index is 3650. The maximum atomic E-state index is 15.6. The Morgan fingerprint density at radius 2 is 1.09 bits per heavy atom. The predicted molar refractivity (Wildman–Crippen MR) is 377 cm³/mol. The fourth-order valence-electron chi connectivity index (χ4n) is 9.97. The van der Waals surface area contributed by atoms with E-state index in [1.807, 2.05) is 10.6 Å². The summed E-state index contributed by atoms with van der Waals surface area (Å²) < 4.78 is 69.4. The van der Waals surface area contributed by atoms with Crippen molar-refractivity contribution in [3.05, 3.63) is 102 Å². The first-order valence-corrected chi connectivity index (χ1v) is 34.1. The minimum atomic E-state index is -5.08. The van der Waals surface area contributed by atoms with Gasteiger partial charge in [0.2, 0.25) is 65.0 Å². The summed E-state index contributed by atoms with van der Waals surface area (Å²) in [6.07, 6.45) is -19.0. The number of ether oxygens (including phenoxy) is 1. The Balaban J connectivity index is 0.00000271. The molecule has 1 saturated heterocycles. The maximum absolute atomic E-state index is 15.6. The number of phenols is 1. The predicted octanol–water partition coefficient (Wildman–Crippen LogP) is -4.07. The van der Waals surface area contributed by atoms with Gasteiger partial charge in [-0.25, -0.2) is 14.4 Å². The van der Waals surface area contributed by atoms with Crippen LogP contribution < -0.4 is 76.1 Å². The fraction of sp³-hybridized carbons (Fsp3) is 0.515. The zero-order valence-electron chi connectivity index (χ0n) is 61.0. The molecule has 3 aromatic carbocycles. The number of amides is 11. The zero-order valence-corrected chi connectivity index (χ0v) is 61.0. The van der Waals surface area contributed by atoms with E-state index in [0.717, 1.165) is 6.92 Å². The molecule has 111 heavy (non-hydrogen) atoms. The zero-order chi connectivity index (χ0) is 84.5. The van der Waals surface area contributed by atoms with Gasteiger partial charge in [0.1, 0.15) is 54.1 Å². The molecule has 0 radical (unpaired) electrons. The molecule has 43 heteroatoms. The molecule has 1 fully saturated rings. The highest BCUT2D eigenvalue weighted by atomic mass is 19.4. The number of phenolic OH excluding ortho intramolecular Hbond substituents is 1. The number of nitrogens with two attached hydrogens (primary N) is 4. The van der Waals surface area contributed by atoms with Gasteiger partial charge < -0.3 is 117 Å². The molecule has 15 atom stereocenters. The van der Waals surface area contributed by atoms with E-state index in [-0.39, 0.29) is 62.3 Å². The average molecular weight is 1590 g/mol. The Kier molecular flexibility index (Phi) is 39.4. The van der Waals surface area contributed by atoms with Crippen molar-refractivity contribution < 1.29 is 134 Å². The third-order valence-corrected chi connectivity index (χ3v) is 16.2. The number of nitrogens with one attached hydrogen (secondary N) is 10. The maximum Gasteiger partial charge on any atom is 0.490 e. The van der Waals surface area contributed by atoms with Gasteiger partial charge in [-0.1, -0.05) is 121 Å². The molecule has 1 aliphatic rings. The number of nitrogens with zero attached hydrogens (tertiary/aromatic N) is 1. The second-order valence-corrected chi connectivity index (χ2v) is 26.0. The monoisotopic (exact) mass is 1590 g/mol. The lowest BCUT2D eigenvalue weighted by Crippen LogP contribution is -2.64. The van der Waals surface area contributed by atoms with Crippen LogP contribution in [0.2, 0.25) is 0 Å². The molecule has 11 amide bonds. The van der Waals surface area contributed by atoms with Gasteiger partial charge in [-0.2, -0.15) is 26.3 Å². The van der Waals surface area contributed by atoms with Crippen molar-refractivity contribution >= 4 is 88.8 Å². The summed E-state index contributed by atoms with van der Waals surface area (Å²) in [5.41, 5.74) is 23.7. The lowest BCUT2D eigenvalue weighted by atomic mass is 9.95. The molecule has 0 spiro atoms. The summed E-state index contributed by atoms with van der Waals surface area (Å²) in [5, 5.41) is 92.7. The van der Waals surface area contributed by atoms with Crippen LogP contribution in [0.5, 0.6) is 5.75 Å². The molecule has 1 aliphatic heterocycles. The number of rotatable bonds is 23. The van der Waals surface area contributed by atoms with Gasteiger partial charge >= 0.3 is 30.3 Å². The van der Waals surface area contributed by atoms with Crippen molar-refractivity contribution in [2.75, 3.05) is 19.7 Å². The first-order chi connectivity index (χ1) is 51.6. The molecule has 3 aromatic rings. The number of hydrogen-bond acceptors (Lipinski definition) is 22. The third-order valence-electron chi connectivity index (χ3n) is 16.2. The molecular weight excluding hydrogens is 1490 g/mol. The van der Waals surface area contributed by atoms with E-state index in [4.69, 9.17) is 47.5 Å². The van der Waals surface area contributed by atoms with Crippen LogP contribution in [0, 0.1) is 17.8 Å². The van der Waals surface area contributed by atoms with Crippen molar-refractivity contribution in [2.24, 2.45) is 45.7 Å².